The molecule has 114 valence electrons. The third-order valence-electron chi connectivity index (χ3n) is 3.41. The number of halogens is 2. The molecule has 0 saturated heterocycles. The molecule has 0 aromatic heterocycles. The van der Waals surface area contributed by atoms with Gasteiger partial charge in [0.05, 0.1) is 5.02 Å². The first-order chi connectivity index (χ1) is 10.6. The van der Waals surface area contributed by atoms with E-state index in [2.05, 4.69) is 5.32 Å². The number of nitrogens with one attached hydrogen (secondary N) is 1. The molecule has 0 spiro atoms. The smallest absolute Gasteiger partial charge is 0.238 e. The first-order valence-corrected chi connectivity index (χ1v) is 8.36. The molecule has 0 heterocycles. The zero-order valence-electron chi connectivity index (χ0n) is 11.8. The highest BCUT2D eigenvalue weighted by Crippen LogP contribution is 2.37. The number of carbonyl (C=O) groups excluding carboxylic acids is 1. The number of hydrogen-bond acceptors (Lipinski definition) is 2. The minimum absolute atomic E-state index is 0.0147. The highest BCUT2D eigenvalue weighted by Gasteiger charge is 2.29. The van der Waals surface area contributed by atoms with E-state index in [9.17, 15) is 9.18 Å². The molecule has 0 unspecified atom stereocenters. The van der Waals surface area contributed by atoms with Gasteiger partial charge >= 0.3 is 0 Å². The van der Waals surface area contributed by atoms with Crippen LogP contribution in [0.1, 0.15) is 23.7 Å². The van der Waals surface area contributed by atoms with Crippen molar-refractivity contribution < 1.29 is 9.18 Å². The Balaban J connectivity index is 1.83. The molecular formula is C17H15ClFNOS. The van der Waals surface area contributed by atoms with Crippen molar-refractivity contribution in [2.45, 2.75) is 29.0 Å². The van der Waals surface area contributed by atoms with Gasteiger partial charge in [0.15, 0.2) is 0 Å². The Morgan fingerprint density at radius 3 is 2.59 bits per heavy atom. The fraction of sp³-hybridized carbons (Fsp3) is 0.235. The van der Waals surface area contributed by atoms with E-state index in [1.165, 1.54) is 17.8 Å². The third kappa shape index (κ3) is 3.81. The maximum absolute atomic E-state index is 13.3. The Morgan fingerprint density at radius 2 is 1.95 bits per heavy atom. The summed E-state index contributed by atoms with van der Waals surface area (Å²) in [6.45, 7) is 0. The molecule has 0 aliphatic heterocycles. The highest BCUT2D eigenvalue weighted by atomic mass is 35.5. The predicted molar refractivity (Wildman–Crippen MR) is 87.6 cm³/mol. The molecule has 2 aromatic carbocycles. The van der Waals surface area contributed by atoms with Crippen molar-refractivity contribution in [3.05, 3.63) is 64.9 Å². The molecule has 0 bridgehead atoms. The van der Waals surface area contributed by atoms with Crippen LogP contribution < -0.4 is 5.32 Å². The molecule has 1 amide bonds. The van der Waals surface area contributed by atoms with Crippen LogP contribution in [0.4, 0.5) is 4.39 Å². The maximum atomic E-state index is 13.3. The van der Waals surface area contributed by atoms with Gasteiger partial charge in [-0.25, -0.2) is 4.39 Å². The van der Waals surface area contributed by atoms with Crippen LogP contribution in [0.2, 0.25) is 5.02 Å². The molecule has 2 aromatic rings. The molecule has 22 heavy (non-hydrogen) atoms. The zero-order chi connectivity index (χ0) is 15.5. The molecule has 1 aliphatic carbocycles. The second-order valence-corrected chi connectivity index (χ2v) is 6.85. The Morgan fingerprint density at radius 1 is 1.23 bits per heavy atom. The standard InChI is InChI=1S/C17H15ClFNOS/c18-14-10-13(8-9-15(14)19)22-16(11-4-2-1-3-5-11)17(21)20-12-6-7-12/h1-5,8-10,12,16H,6-7H2,(H,20,21)/t16-/m0/s1. The number of rotatable bonds is 5. The summed E-state index contributed by atoms with van der Waals surface area (Å²) < 4.78 is 13.3. The van der Waals surface area contributed by atoms with E-state index >= 15 is 0 Å². The van der Waals surface area contributed by atoms with Gasteiger partial charge in [0.2, 0.25) is 5.91 Å². The average molecular weight is 336 g/mol. The van der Waals surface area contributed by atoms with Gasteiger partial charge in [0.1, 0.15) is 11.1 Å². The van der Waals surface area contributed by atoms with E-state index in [-0.39, 0.29) is 16.2 Å². The van der Waals surface area contributed by atoms with Crippen LogP contribution >= 0.6 is 23.4 Å². The summed E-state index contributed by atoms with van der Waals surface area (Å²) in [5, 5.41) is 2.73. The minimum Gasteiger partial charge on any atom is -0.352 e. The van der Waals surface area contributed by atoms with E-state index in [1.54, 1.807) is 12.1 Å². The SMILES string of the molecule is O=C(NC1CC1)[C@@H](Sc1ccc(F)c(Cl)c1)c1ccccc1. The lowest BCUT2D eigenvalue weighted by Crippen LogP contribution is -2.29. The monoisotopic (exact) mass is 335 g/mol. The Hall–Kier alpha value is -1.52. The van der Waals surface area contributed by atoms with Crippen LogP contribution in [0, 0.1) is 5.82 Å². The minimum atomic E-state index is -0.454. The third-order valence-corrected chi connectivity index (χ3v) is 4.95. The van der Waals surface area contributed by atoms with Crippen molar-refractivity contribution >= 4 is 29.3 Å². The maximum Gasteiger partial charge on any atom is 0.238 e. The fourth-order valence-electron chi connectivity index (χ4n) is 2.09. The lowest BCUT2D eigenvalue weighted by atomic mass is 10.1. The zero-order valence-corrected chi connectivity index (χ0v) is 13.3. The summed E-state index contributed by atoms with van der Waals surface area (Å²) in [4.78, 5) is 13.3. The number of amides is 1. The Kier molecular flexibility index (Phi) is 4.69. The van der Waals surface area contributed by atoms with E-state index in [0.717, 1.165) is 23.3 Å². The van der Waals surface area contributed by atoms with Gasteiger partial charge in [-0.15, -0.1) is 11.8 Å². The molecule has 3 rings (SSSR count). The van der Waals surface area contributed by atoms with Gasteiger partial charge in [-0.05, 0) is 36.6 Å². The lowest BCUT2D eigenvalue weighted by Gasteiger charge is -2.17. The van der Waals surface area contributed by atoms with Crippen LogP contribution in [0.3, 0.4) is 0 Å². The summed E-state index contributed by atoms with van der Waals surface area (Å²) in [6.07, 6.45) is 2.08. The van der Waals surface area contributed by atoms with Gasteiger partial charge < -0.3 is 5.32 Å². The van der Waals surface area contributed by atoms with Gasteiger partial charge in [0, 0.05) is 10.9 Å². The molecule has 1 atom stereocenters. The van der Waals surface area contributed by atoms with Crippen LogP contribution in [0.15, 0.2) is 53.4 Å². The number of thioether (sulfide) groups is 1. The van der Waals surface area contributed by atoms with Gasteiger partial charge in [-0.1, -0.05) is 41.9 Å². The summed E-state index contributed by atoms with van der Waals surface area (Å²) in [7, 11) is 0. The molecule has 1 saturated carbocycles. The van der Waals surface area contributed by atoms with Crippen LogP contribution in [0.25, 0.3) is 0 Å². The van der Waals surface area contributed by atoms with E-state index < -0.39 is 5.82 Å². The molecule has 0 radical (unpaired) electrons. The van der Waals surface area contributed by atoms with Gasteiger partial charge in [0.25, 0.3) is 0 Å². The molecular weight excluding hydrogens is 321 g/mol. The largest absolute Gasteiger partial charge is 0.352 e. The van der Waals surface area contributed by atoms with Crippen molar-refractivity contribution in [1.29, 1.82) is 0 Å². The first kappa shape index (κ1) is 15.4. The van der Waals surface area contributed by atoms with E-state index in [4.69, 9.17) is 11.6 Å². The first-order valence-electron chi connectivity index (χ1n) is 7.10. The molecule has 5 heteroatoms. The normalized spacial score (nSPS) is 15.4. The predicted octanol–water partition coefficient (Wildman–Crippen LogP) is 4.59. The van der Waals surface area contributed by atoms with Crippen LogP contribution in [-0.2, 0) is 4.79 Å². The number of hydrogen-bond donors (Lipinski definition) is 1. The lowest BCUT2D eigenvalue weighted by molar-refractivity contribution is -0.120. The summed E-state index contributed by atoms with van der Waals surface area (Å²) in [5.74, 6) is -0.469. The van der Waals surface area contributed by atoms with E-state index in [0.29, 0.717) is 6.04 Å². The average Bonchev–Trinajstić information content (AvgIpc) is 3.33. The van der Waals surface area contributed by atoms with Crippen molar-refractivity contribution in [3.63, 3.8) is 0 Å². The molecule has 1 fully saturated rings. The van der Waals surface area contributed by atoms with Gasteiger partial charge in [-0.3, -0.25) is 4.79 Å². The van der Waals surface area contributed by atoms with Crippen molar-refractivity contribution in [3.8, 4) is 0 Å². The van der Waals surface area contributed by atoms with Crippen molar-refractivity contribution in [2.24, 2.45) is 0 Å². The Bertz CT molecular complexity index is 676. The molecule has 2 nitrogen and oxygen atoms in total. The number of benzene rings is 2. The van der Waals surface area contributed by atoms with Crippen molar-refractivity contribution in [2.75, 3.05) is 0 Å². The summed E-state index contributed by atoms with van der Waals surface area (Å²) >= 11 is 7.21. The highest BCUT2D eigenvalue weighted by molar-refractivity contribution is 8.00. The quantitative estimate of drug-likeness (QED) is 0.810. The second kappa shape index (κ2) is 6.71. The summed E-state index contributed by atoms with van der Waals surface area (Å²) in [5.41, 5.74) is 0.922. The molecule has 1 N–H and O–H groups in total. The van der Waals surface area contributed by atoms with Crippen LogP contribution in [0.5, 0.6) is 0 Å². The number of carbonyl (C=O) groups is 1. The summed E-state index contributed by atoms with van der Waals surface area (Å²) in [6, 6.07) is 14.4. The van der Waals surface area contributed by atoms with E-state index in [1.807, 2.05) is 30.3 Å². The Labute approximate surface area is 138 Å². The fourth-order valence-corrected chi connectivity index (χ4v) is 3.41. The second-order valence-electron chi connectivity index (χ2n) is 5.27. The molecule has 1 aliphatic rings. The topological polar surface area (TPSA) is 29.1 Å². The van der Waals surface area contributed by atoms with Gasteiger partial charge in [-0.2, -0.15) is 0 Å². The van der Waals surface area contributed by atoms with Crippen molar-refractivity contribution in [1.82, 2.24) is 5.32 Å². The van der Waals surface area contributed by atoms with Crippen LogP contribution in [-0.4, -0.2) is 11.9 Å².